The Morgan fingerprint density at radius 3 is 2.31 bits per heavy atom. The highest BCUT2D eigenvalue weighted by Gasteiger charge is 2.39. The van der Waals surface area contributed by atoms with Gasteiger partial charge in [0.2, 0.25) is 0 Å². The number of halogens is 6. The maximum Gasteiger partial charge on any atom is 0.433 e. The summed E-state index contributed by atoms with van der Waals surface area (Å²) in [5.41, 5.74) is 2.16. The summed E-state index contributed by atoms with van der Waals surface area (Å²) < 4.78 is 62.4. The van der Waals surface area contributed by atoms with E-state index in [-0.39, 0.29) is 10.9 Å². The second-order valence-corrected chi connectivity index (χ2v) is 3.46. The lowest BCUT2D eigenvalue weighted by Gasteiger charge is -2.15. The van der Waals surface area contributed by atoms with Gasteiger partial charge in [0.25, 0.3) is 6.43 Å². The molecule has 0 aliphatic heterocycles. The first-order valence-corrected chi connectivity index (χ1v) is 5.10. The monoisotopic (exact) mass is 304 g/mol. The molecule has 0 amide bonds. The first kappa shape index (κ1) is 13.1. The predicted molar refractivity (Wildman–Crippen MR) is 51.2 cm³/mol. The number of anilines is 1. The van der Waals surface area contributed by atoms with Gasteiger partial charge in [-0.2, -0.15) is 13.2 Å². The molecule has 0 saturated carbocycles. The summed E-state index contributed by atoms with van der Waals surface area (Å²) in [4.78, 5) is 2.93. The van der Waals surface area contributed by atoms with Gasteiger partial charge in [0, 0.05) is 5.33 Å². The average Bonchev–Trinajstić information content (AvgIpc) is 2.14. The second-order valence-electron chi connectivity index (χ2n) is 2.90. The van der Waals surface area contributed by atoms with E-state index in [1.807, 2.05) is 0 Å². The molecular weight excluding hydrogens is 299 g/mol. The smallest absolute Gasteiger partial charge is 0.384 e. The van der Waals surface area contributed by atoms with Gasteiger partial charge < -0.3 is 5.73 Å². The first-order valence-electron chi connectivity index (χ1n) is 3.98. The summed E-state index contributed by atoms with van der Waals surface area (Å²) >= 11 is 2.83. The Balaban J connectivity index is 3.51. The number of pyridine rings is 1. The van der Waals surface area contributed by atoms with Gasteiger partial charge in [-0.05, 0) is 11.6 Å². The maximum atomic E-state index is 12.5. The van der Waals surface area contributed by atoms with E-state index in [2.05, 4.69) is 20.9 Å². The van der Waals surface area contributed by atoms with Crippen molar-refractivity contribution in [1.82, 2.24) is 4.98 Å². The van der Waals surface area contributed by atoms with Crippen molar-refractivity contribution in [2.45, 2.75) is 17.9 Å². The Hall–Kier alpha value is -0.920. The third-order valence-corrected chi connectivity index (χ3v) is 2.40. The lowest BCUT2D eigenvalue weighted by molar-refractivity contribution is -0.143. The van der Waals surface area contributed by atoms with Crippen molar-refractivity contribution in [1.29, 1.82) is 0 Å². The first-order chi connectivity index (χ1) is 7.27. The molecule has 0 unspecified atom stereocenters. The van der Waals surface area contributed by atoms with Crippen molar-refractivity contribution < 1.29 is 22.0 Å². The van der Waals surface area contributed by atoms with Crippen molar-refractivity contribution in [3.63, 3.8) is 0 Å². The van der Waals surface area contributed by atoms with Crippen molar-refractivity contribution in [3.8, 4) is 0 Å². The van der Waals surface area contributed by atoms with Gasteiger partial charge in [-0.3, -0.25) is 0 Å². The fourth-order valence-corrected chi connectivity index (χ4v) is 1.66. The second kappa shape index (κ2) is 4.52. The molecule has 1 aromatic rings. The van der Waals surface area contributed by atoms with E-state index < -0.39 is 29.7 Å². The minimum Gasteiger partial charge on any atom is -0.384 e. The average molecular weight is 305 g/mol. The number of alkyl halides is 6. The quantitative estimate of drug-likeness (QED) is 0.671. The Kier molecular flexibility index (Phi) is 3.72. The van der Waals surface area contributed by atoms with Crippen LogP contribution in [0.3, 0.4) is 0 Å². The van der Waals surface area contributed by atoms with E-state index in [0.717, 1.165) is 6.07 Å². The zero-order chi connectivity index (χ0) is 12.5. The summed E-state index contributed by atoms with van der Waals surface area (Å²) in [5, 5.41) is -0.150. The van der Waals surface area contributed by atoms with Crippen molar-refractivity contribution >= 4 is 21.7 Å². The van der Waals surface area contributed by atoms with Crippen LogP contribution in [0.2, 0.25) is 0 Å². The molecule has 1 aromatic heterocycles. The highest BCUT2D eigenvalue weighted by atomic mass is 79.9. The molecule has 0 aliphatic carbocycles. The van der Waals surface area contributed by atoms with Crippen LogP contribution in [0.4, 0.5) is 27.8 Å². The third-order valence-electron chi connectivity index (χ3n) is 1.79. The van der Waals surface area contributed by atoms with Crippen LogP contribution in [0.15, 0.2) is 6.07 Å². The Morgan fingerprint density at radius 2 is 1.94 bits per heavy atom. The molecule has 0 aromatic carbocycles. The fourth-order valence-electron chi connectivity index (χ4n) is 1.20. The molecule has 16 heavy (non-hydrogen) atoms. The fraction of sp³-hybridized carbons (Fsp3) is 0.375. The molecule has 8 heteroatoms. The van der Waals surface area contributed by atoms with E-state index in [4.69, 9.17) is 5.73 Å². The minimum absolute atomic E-state index is 0.150. The molecule has 0 atom stereocenters. The number of nitrogens with two attached hydrogens (primary N) is 1. The van der Waals surface area contributed by atoms with Crippen LogP contribution in [0.25, 0.3) is 0 Å². The molecule has 0 spiro atoms. The Bertz CT molecular complexity index is 391. The number of hydrogen-bond donors (Lipinski definition) is 1. The summed E-state index contributed by atoms with van der Waals surface area (Å²) in [5.74, 6) is -0.439. The maximum absolute atomic E-state index is 12.5. The highest BCUT2D eigenvalue weighted by molar-refractivity contribution is 9.08. The molecule has 1 rings (SSSR count). The molecule has 0 aliphatic rings. The zero-order valence-electron chi connectivity index (χ0n) is 7.65. The number of nitrogens with zero attached hydrogens (tertiary/aromatic N) is 1. The van der Waals surface area contributed by atoms with Crippen molar-refractivity contribution in [2.24, 2.45) is 0 Å². The topological polar surface area (TPSA) is 38.9 Å². The number of nitrogen functional groups attached to an aromatic ring is 1. The van der Waals surface area contributed by atoms with Crippen molar-refractivity contribution in [3.05, 3.63) is 22.9 Å². The number of hydrogen-bond acceptors (Lipinski definition) is 2. The van der Waals surface area contributed by atoms with E-state index in [1.54, 1.807) is 0 Å². The number of rotatable bonds is 2. The SMILES string of the molecule is Nc1cc(CBr)c(C(F)F)c(C(F)(F)F)n1. The molecule has 2 nitrogen and oxygen atoms in total. The molecular formula is C8H6BrF5N2. The van der Waals surface area contributed by atoms with Gasteiger partial charge in [-0.15, -0.1) is 0 Å². The molecule has 0 bridgehead atoms. The van der Waals surface area contributed by atoms with Crippen LogP contribution in [-0.2, 0) is 11.5 Å². The standard InChI is InChI=1S/C8H6BrF5N2/c9-2-3-1-4(15)16-6(8(12,13)14)5(3)7(10)11/h1,7H,2H2,(H2,15,16). The van der Waals surface area contributed by atoms with Crippen LogP contribution < -0.4 is 5.73 Å². The Labute approximate surface area is 95.8 Å². The van der Waals surface area contributed by atoms with E-state index in [9.17, 15) is 22.0 Å². The van der Waals surface area contributed by atoms with E-state index in [0.29, 0.717) is 0 Å². The third kappa shape index (κ3) is 2.60. The molecule has 1 heterocycles. The molecule has 0 saturated heterocycles. The summed E-state index contributed by atoms with van der Waals surface area (Å²) in [6, 6.07) is 0.992. The predicted octanol–water partition coefficient (Wildman–Crippen LogP) is 3.52. The van der Waals surface area contributed by atoms with Crippen LogP contribution >= 0.6 is 15.9 Å². The molecule has 0 fully saturated rings. The highest BCUT2D eigenvalue weighted by Crippen LogP contribution is 2.38. The molecule has 0 radical (unpaired) electrons. The summed E-state index contributed by atoms with van der Waals surface area (Å²) in [6.45, 7) is 0. The largest absolute Gasteiger partial charge is 0.433 e. The van der Waals surface area contributed by atoms with Gasteiger partial charge in [0.1, 0.15) is 5.82 Å². The van der Waals surface area contributed by atoms with Crippen LogP contribution in [0, 0.1) is 0 Å². The Morgan fingerprint density at radius 1 is 1.38 bits per heavy atom. The van der Waals surface area contributed by atoms with Gasteiger partial charge in [-0.1, -0.05) is 15.9 Å². The number of aromatic nitrogens is 1. The zero-order valence-corrected chi connectivity index (χ0v) is 9.24. The lowest BCUT2D eigenvalue weighted by atomic mass is 10.1. The van der Waals surface area contributed by atoms with Gasteiger partial charge >= 0.3 is 6.18 Å². The molecule has 2 N–H and O–H groups in total. The van der Waals surface area contributed by atoms with Crippen LogP contribution in [0.1, 0.15) is 23.2 Å². The van der Waals surface area contributed by atoms with Gasteiger partial charge in [0.15, 0.2) is 5.69 Å². The van der Waals surface area contributed by atoms with E-state index >= 15 is 0 Å². The van der Waals surface area contributed by atoms with Crippen LogP contribution in [-0.4, -0.2) is 4.98 Å². The van der Waals surface area contributed by atoms with Crippen LogP contribution in [0.5, 0.6) is 0 Å². The normalized spacial score (nSPS) is 12.2. The van der Waals surface area contributed by atoms with Gasteiger partial charge in [-0.25, -0.2) is 13.8 Å². The lowest BCUT2D eigenvalue weighted by Crippen LogP contribution is -2.15. The van der Waals surface area contributed by atoms with Crippen molar-refractivity contribution in [2.75, 3.05) is 5.73 Å². The molecule has 90 valence electrons. The summed E-state index contributed by atoms with van der Waals surface area (Å²) in [7, 11) is 0. The van der Waals surface area contributed by atoms with E-state index in [1.165, 1.54) is 0 Å². The van der Waals surface area contributed by atoms with Gasteiger partial charge in [0.05, 0.1) is 5.56 Å². The minimum atomic E-state index is -4.95. The summed E-state index contributed by atoms with van der Waals surface area (Å²) in [6.07, 6.45) is -8.20.